The van der Waals surface area contributed by atoms with Crippen LogP contribution in [0, 0.1) is 41.5 Å². The molecule has 17 aromatic rings. The van der Waals surface area contributed by atoms with E-state index < -0.39 is 6.71 Å². The van der Waals surface area contributed by atoms with Crippen LogP contribution in [0.25, 0.3) is 20.2 Å². The van der Waals surface area contributed by atoms with E-state index in [1.54, 1.807) is 0 Å². The summed E-state index contributed by atoms with van der Waals surface area (Å²) in [5.41, 5.74) is 30.0. The second-order valence-corrected chi connectivity index (χ2v) is 33.1. The number of para-hydroxylation sites is 6. The smallest absolute Gasteiger partial charge is 0.273 e. The summed E-state index contributed by atoms with van der Waals surface area (Å²) in [5, 5.41) is 2.18. The minimum atomic E-state index is -0.399. The number of hydrogen-bond donors (Lipinski definition) is 0. The zero-order valence-corrected chi connectivity index (χ0v) is 65.1. The molecule has 23 rings (SSSR count). The molecule has 114 heavy (non-hydrogen) atoms. The molecule has 0 fully saturated rings. The Balaban J connectivity index is 0.824. The minimum Gasteiger partial charge on any atom is -0.458 e. The Hall–Kier alpha value is -13.4. The molecule has 0 spiro atoms. The molecule has 0 bridgehead atoms. The Morgan fingerprint density at radius 2 is 0.553 bits per heavy atom. The highest BCUT2D eigenvalue weighted by atomic mass is 32.1. The molecule has 540 valence electrons. The number of ether oxygens (including phenoxy) is 4. The summed E-state index contributed by atoms with van der Waals surface area (Å²) in [7, 11) is 0. The molecule has 9 nitrogen and oxygen atoms in total. The molecule has 0 N–H and O–H groups in total. The van der Waals surface area contributed by atoms with Crippen LogP contribution >= 0.6 is 22.7 Å². The Morgan fingerprint density at radius 3 is 0.939 bits per heavy atom. The van der Waals surface area contributed by atoms with Crippen molar-refractivity contribution in [3.05, 3.63) is 349 Å². The van der Waals surface area contributed by atoms with Crippen molar-refractivity contribution in [2.24, 2.45) is 0 Å². The topological polar surface area (TPSA) is 53.1 Å². The Morgan fingerprint density at radius 1 is 0.254 bits per heavy atom. The fraction of sp³-hybridized carbons (Fsp3) is 0.0600. The van der Waals surface area contributed by atoms with Gasteiger partial charge in [0.1, 0.15) is 46.0 Å². The molecule has 14 heteroatoms. The van der Waals surface area contributed by atoms with Crippen LogP contribution in [0.2, 0.25) is 0 Å². The van der Waals surface area contributed by atoms with E-state index in [1.807, 2.05) is 22.7 Å². The maximum absolute atomic E-state index is 8.13. The van der Waals surface area contributed by atoms with Crippen molar-refractivity contribution in [1.82, 2.24) is 0 Å². The quantitative estimate of drug-likeness (QED) is 0.118. The van der Waals surface area contributed by atoms with Gasteiger partial charge < -0.3 is 43.4 Å². The van der Waals surface area contributed by atoms with Crippen LogP contribution in [0.4, 0.5) is 85.3 Å². The van der Waals surface area contributed by atoms with Gasteiger partial charge in [-0.3, -0.25) is 0 Å². The lowest BCUT2D eigenvalue weighted by atomic mass is 9.30. The van der Waals surface area contributed by atoms with Gasteiger partial charge in [-0.1, -0.05) is 181 Å². The highest BCUT2D eigenvalue weighted by Crippen LogP contribution is 2.54. The van der Waals surface area contributed by atoms with Gasteiger partial charge in [-0.05, 0) is 206 Å². The monoisotopic (exact) mass is 1500 g/mol. The van der Waals surface area contributed by atoms with E-state index >= 15 is 0 Å². The van der Waals surface area contributed by atoms with Crippen molar-refractivity contribution in [3.8, 4) is 46.0 Å². The first-order valence-electron chi connectivity index (χ1n) is 39.1. The van der Waals surface area contributed by atoms with Gasteiger partial charge in [0.25, 0.3) is 20.1 Å². The van der Waals surface area contributed by atoms with Crippen LogP contribution in [0.5, 0.6) is 46.0 Å². The van der Waals surface area contributed by atoms with Crippen molar-refractivity contribution in [3.63, 3.8) is 0 Å². The molecule has 0 atom stereocenters. The molecule has 8 heterocycles. The van der Waals surface area contributed by atoms with E-state index in [4.69, 9.17) is 18.9 Å². The molecule has 0 unspecified atom stereocenters. The van der Waals surface area contributed by atoms with Crippen molar-refractivity contribution in [1.29, 1.82) is 0 Å². The number of thiophene rings is 2. The van der Waals surface area contributed by atoms with Crippen molar-refractivity contribution >= 4 is 196 Å². The predicted octanol–water partition coefficient (Wildman–Crippen LogP) is 21.9. The summed E-state index contributed by atoms with van der Waals surface area (Å²) < 4.78 is 35.8. The first-order chi connectivity index (χ1) is 56.0. The number of aryl methyl sites for hydroxylation is 6. The Kier molecular flexibility index (Phi) is 14.9. The maximum Gasteiger partial charge on any atom is 0.273 e. The fourth-order valence-electron chi connectivity index (χ4n) is 19.5. The molecular weight excluding hydrogens is 1430 g/mol. The van der Waals surface area contributed by atoms with Gasteiger partial charge in [0.15, 0.2) is 0 Å². The van der Waals surface area contributed by atoms with Crippen molar-refractivity contribution < 1.29 is 18.9 Å². The van der Waals surface area contributed by atoms with Crippen molar-refractivity contribution in [2.45, 2.75) is 41.5 Å². The summed E-state index contributed by atoms with van der Waals surface area (Å²) in [6.45, 7) is 12.6. The number of anilines is 15. The third-order valence-corrected chi connectivity index (χ3v) is 26.2. The van der Waals surface area contributed by atoms with Crippen LogP contribution in [-0.2, 0) is 0 Å². The average molecular weight is 1500 g/mol. The van der Waals surface area contributed by atoms with E-state index in [2.05, 4.69) is 381 Å². The van der Waals surface area contributed by atoms with Crippen LogP contribution in [0.3, 0.4) is 0 Å². The third-order valence-electron chi connectivity index (χ3n) is 23.8. The molecule has 2 aromatic heterocycles. The molecule has 0 saturated heterocycles. The minimum absolute atomic E-state index is 0.272. The van der Waals surface area contributed by atoms with E-state index in [1.165, 1.54) is 26.1 Å². The normalized spacial score (nSPS) is 13.2. The first kappa shape index (κ1) is 66.4. The Bertz CT molecular complexity index is 6720. The van der Waals surface area contributed by atoms with Crippen LogP contribution in [0.15, 0.2) is 315 Å². The van der Waals surface area contributed by atoms with Crippen LogP contribution in [-0.4, -0.2) is 20.1 Å². The van der Waals surface area contributed by atoms with Gasteiger partial charge >= 0.3 is 0 Å². The van der Waals surface area contributed by atoms with Gasteiger partial charge in [0.05, 0.1) is 28.4 Å². The lowest BCUT2D eigenvalue weighted by Gasteiger charge is -2.44. The number of nitrogens with zero attached hydrogens (tertiary/aromatic N) is 5. The van der Waals surface area contributed by atoms with Gasteiger partial charge in [-0.2, -0.15) is 0 Å². The van der Waals surface area contributed by atoms with Crippen LogP contribution < -0.4 is 91.2 Å². The number of fused-ring (bicyclic) bond motifs is 16. The standard InChI is InChI=1S/C100H70B3N5O4S2/c1-59-45-61(3)95(62(4)46-59)107-80-57-85-79(103-94-88(110-85)53-73(106(69-37-21-11-22-38-69)70-39-23-12-24-40-70)54-89(94)112-98-75-42-26-28-44-91(75)114-100(98)103)55-76(80)101-78-56-77-81(58-84(78)109-86-51-71(49-82(107)92(86)101)104(65-29-13-7-14-30-65)66-31-15-8-16-32-66)108(96-63(5)47-60(2)48-64(96)6)83-50-72(105(67-33-17-9-18-34-67)68-35-19-10-20-36-68)52-87-93(83)102(77)99-97(111-87)74-41-25-27-43-90(74)113-99/h7-58H,1-6H3. The van der Waals surface area contributed by atoms with Gasteiger partial charge in [0.2, 0.25) is 0 Å². The SMILES string of the molecule is Cc1cc(C)c(N2c3cc4c(cc3B3c5cc6c(cc5Oc5cc(N(c7ccccc7)c7ccccc7)cc2c53)N(c2c(C)cc(C)cc2C)c2cc(N(c3ccccc3)c3ccccc3)cc3c2B6c2sc5ccccc5c2O3)B2c3sc5ccccc5c3Oc3cc(N(c5ccccc5)c5ccccc5)cc(c32)O4)c(C)c1. The molecule has 0 radical (unpaired) electrons. The first-order valence-corrected chi connectivity index (χ1v) is 40.7. The largest absolute Gasteiger partial charge is 0.458 e. The summed E-state index contributed by atoms with van der Waals surface area (Å²) in [4.78, 5) is 12.2. The molecular formula is C100H70B3N5O4S2. The molecule has 6 aliphatic heterocycles. The predicted molar refractivity (Wildman–Crippen MR) is 479 cm³/mol. The molecule has 0 amide bonds. The number of hydrogen-bond acceptors (Lipinski definition) is 11. The summed E-state index contributed by atoms with van der Waals surface area (Å²) in [6.07, 6.45) is 0. The highest BCUT2D eigenvalue weighted by Gasteiger charge is 2.51. The zero-order chi connectivity index (χ0) is 75.9. The second kappa shape index (κ2) is 25.6. The molecule has 6 aliphatic rings. The van der Waals surface area contributed by atoms with Crippen molar-refractivity contribution in [2.75, 3.05) is 24.5 Å². The zero-order valence-electron chi connectivity index (χ0n) is 63.4. The van der Waals surface area contributed by atoms with Gasteiger partial charge in [-0.15, -0.1) is 22.7 Å². The molecule has 0 aliphatic carbocycles. The number of benzene rings is 15. The summed E-state index contributed by atoms with van der Waals surface area (Å²) in [6, 6.07) is 115. The second-order valence-electron chi connectivity index (χ2n) is 31.0. The van der Waals surface area contributed by atoms with E-state index in [0.717, 1.165) is 207 Å². The fourth-order valence-corrected chi connectivity index (χ4v) is 22.0. The third kappa shape index (κ3) is 10.1. The van der Waals surface area contributed by atoms with E-state index in [-0.39, 0.29) is 13.4 Å². The lowest BCUT2D eigenvalue weighted by Crippen LogP contribution is -2.64. The number of rotatable bonds is 11. The molecule has 15 aromatic carbocycles. The highest BCUT2D eigenvalue weighted by molar-refractivity contribution is 7.34. The molecule has 0 saturated carbocycles. The summed E-state index contributed by atoms with van der Waals surface area (Å²) >= 11 is 3.66. The van der Waals surface area contributed by atoms with Gasteiger partial charge in [-0.25, -0.2) is 0 Å². The van der Waals surface area contributed by atoms with Gasteiger partial charge in [0, 0.05) is 128 Å². The van der Waals surface area contributed by atoms with Crippen LogP contribution in [0.1, 0.15) is 33.4 Å². The van der Waals surface area contributed by atoms with E-state index in [0.29, 0.717) is 0 Å². The maximum atomic E-state index is 8.13. The lowest BCUT2D eigenvalue weighted by molar-refractivity contribution is 0.468. The van der Waals surface area contributed by atoms with E-state index in [9.17, 15) is 0 Å². The Labute approximate surface area is 671 Å². The summed E-state index contributed by atoms with van der Waals surface area (Å²) in [5.74, 6) is 6.45. The average Bonchev–Trinajstić information content (AvgIpc) is 1.02.